The smallest absolute Gasteiger partial charge is 0.278 e. The van der Waals surface area contributed by atoms with Gasteiger partial charge >= 0.3 is 0 Å². The van der Waals surface area contributed by atoms with Gasteiger partial charge in [0.1, 0.15) is 11.0 Å². The number of nitrogens with zero attached hydrogens (tertiary/aromatic N) is 2. The van der Waals surface area contributed by atoms with Gasteiger partial charge in [0.25, 0.3) is 5.91 Å². The summed E-state index contributed by atoms with van der Waals surface area (Å²) < 4.78 is 38.3. The molecule has 0 saturated carbocycles. The molecule has 27 heavy (non-hydrogen) atoms. The third kappa shape index (κ3) is 5.28. The minimum absolute atomic E-state index is 0.0570. The molecule has 0 radical (unpaired) electrons. The fraction of sp³-hybridized carbons (Fsp3) is 0.250. The Bertz CT molecular complexity index is 955. The monoisotopic (exact) mass is 416 g/mol. The number of hydrogen-bond acceptors (Lipinski definition) is 6. The van der Waals surface area contributed by atoms with E-state index >= 15 is 0 Å². The van der Waals surface area contributed by atoms with Gasteiger partial charge in [0.2, 0.25) is 10.0 Å². The molecule has 0 fully saturated rings. The zero-order valence-electron chi connectivity index (χ0n) is 14.8. The molecule has 0 aliphatic carbocycles. The summed E-state index contributed by atoms with van der Waals surface area (Å²) in [6.45, 7) is 1.96. The number of nitrogens with one attached hydrogen (secondary N) is 2. The fourth-order valence-corrected chi connectivity index (χ4v) is 2.77. The molecule has 2 rings (SSSR count). The van der Waals surface area contributed by atoms with Crippen molar-refractivity contribution < 1.29 is 22.4 Å². The second kappa shape index (κ2) is 8.51. The van der Waals surface area contributed by atoms with Crippen LogP contribution in [0.25, 0.3) is 0 Å². The standard InChI is InChI=1S/C16H18ClFN4O4S/c1-4-26-21-16(23)11-9-19-15(17)8-13(11)20-12-6-5-10(18)7-14(12)22(2)27(3,24)25/h5-9H,4H2,1-3H3,(H,19,20)(H,21,23). The summed E-state index contributed by atoms with van der Waals surface area (Å²) in [7, 11) is -2.36. The average Bonchev–Trinajstić information content (AvgIpc) is 2.60. The number of anilines is 3. The zero-order chi connectivity index (χ0) is 20.2. The lowest BCUT2D eigenvalue weighted by Crippen LogP contribution is -2.26. The van der Waals surface area contributed by atoms with Gasteiger partial charge < -0.3 is 5.32 Å². The van der Waals surface area contributed by atoms with E-state index in [0.29, 0.717) is 0 Å². The number of pyridine rings is 1. The summed E-state index contributed by atoms with van der Waals surface area (Å²) in [5, 5.41) is 3.01. The maximum atomic E-state index is 13.7. The van der Waals surface area contributed by atoms with Crippen LogP contribution in [-0.2, 0) is 14.9 Å². The van der Waals surface area contributed by atoms with Crippen molar-refractivity contribution in [3.8, 4) is 0 Å². The number of hydrogen-bond donors (Lipinski definition) is 2. The van der Waals surface area contributed by atoms with Gasteiger partial charge in [-0.3, -0.25) is 13.9 Å². The highest BCUT2D eigenvalue weighted by atomic mass is 35.5. The Morgan fingerprint density at radius 2 is 2.04 bits per heavy atom. The van der Waals surface area contributed by atoms with E-state index in [4.69, 9.17) is 16.4 Å². The number of amides is 1. The van der Waals surface area contributed by atoms with Crippen molar-refractivity contribution in [2.24, 2.45) is 0 Å². The highest BCUT2D eigenvalue weighted by Crippen LogP contribution is 2.32. The third-order valence-electron chi connectivity index (χ3n) is 3.49. The van der Waals surface area contributed by atoms with E-state index in [2.05, 4.69) is 15.8 Å². The molecular weight excluding hydrogens is 399 g/mol. The largest absolute Gasteiger partial charge is 0.353 e. The molecule has 0 aliphatic rings. The Hall–Kier alpha value is -2.43. The van der Waals surface area contributed by atoms with Gasteiger partial charge in [0, 0.05) is 19.3 Å². The number of rotatable bonds is 7. The molecule has 0 spiro atoms. The first-order chi connectivity index (χ1) is 12.6. The molecule has 1 aromatic heterocycles. The van der Waals surface area contributed by atoms with Crippen LogP contribution < -0.4 is 15.1 Å². The Balaban J connectivity index is 2.48. The van der Waals surface area contributed by atoms with Gasteiger partial charge in [-0.15, -0.1) is 0 Å². The van der Waals surface area contributed by atoms with Crippen molar-refractivity contribution in [2.75, 3.05) is 29.5 Å². The Morgan fingerprint density at radius 1 is 1.33 bits per heavy atom. The molecule has 146 valence electrons. The molecule has 1 heterocycles. The van der Waals surface area contributed by atoms with Gasteiger partial charge in [0.15, 0.2) is 0 Å². The molecule has 8 nitrogen and oxygen atoms in total. The van der Waals surface area contributed by atoms with E-state index in [1.807, 2.05) is 0 Å². The zero-order valence-corrected chi connectivity index (χ0v) is 16.4. The summed E-state index contributed by atoms with van der Waals surface area (Å²) in [6.07, 6.45) is 2.23. The van der Waals surface area contributed by atoms with Crippen molar-refractivity contribution in [3.63, 3.8) is 0 Å². The molecule has 11 heteroatoms. The Kier molecular flexibility index (Phi) is 6.58. The number of benzene rings is 1. The number of aromatic nitrogens is 1. The van der Waals surface area contributed by atoms with Gasteiger partial charge in [-0.2, -0.15) is 0 Å². The second-order valence-electron chi connectivity index (χ2n) is 5.43. The van der Waals surface area contributed by atoms with E-state index in [9.17, 15) is 17.6 Å². The first-order valence-electron chi connectivity index (χ1n) is 7.71. The Labute approximate surface area is 161 Å². The lowest BCUT2D eigenvalue weighted by Gasteiger charge is -2.21. The summed E-state index contributed by atoms with van der Waals surface area (Å²) in [6, 6.07) is 4.96. The summed E-state index contributed by atoms with van der Waals surface area (Å²) in [4.78, 5) is 21.0. The van der Waals surface area contributed by atoms with Crippen LogP contribution in [0, 0.1) is 5.82 Å². The molecule has 2 N–H and O–H groups in total. The van der Waals surface area contributed by atoms with E-state index in [-0.39, 0.29) is 34.4 Å². The van der Waals surface area contributed by atoms with Gasteiger partial charge in [-0.1, -0.05) is 11.6 Å². The van der Waals surface area contributed by atoms with Crippen LogP contribution in [0.5, 0.6) is 0 Å². The average molecular weight is 417 g/mol. The molecule has 0 atom stereocenters. The molecule has 2 aromatic rings. The van der Waals surface area contributed by atoms with Crippen LogP contribution in [0.2, 0.25) is 5.15 Å². The summed E-state index contributed by atoms with van der Waals surface area (Å²) in [5.74, 6) is -1.20. The molecule has 0 aliphatic heterocycles. The highest BCUT2D eigenvalue weighted by molar-refractivity contribution is 7.92. The lowest BCUT2D eigenvalue weighted by atomic mass is 10.2. The topological polar surface area (TPSA) is 101 Å². The van der Waals surface area contributed by atoms with Crippen LogP contribution in [-0.4, -0.2) is 39.2 Å². The molecule has 0 saturated heterocycles. The highest BCUT2D eigenvalue weighted by Gasteiger charge is 2.19. The molecule has 0 bridgehead atoms. The minimum atomic E-state index is -3.65. The van der Waals surface area contributed by atoms with E-state index in [1.54, 1.807) is 6.92 Å². The second-order valence-corrected chi connectivity index (χ2v) is 7.83. The fourth-order valence-electron chi connectivity index (χ4n) is 2.10. The quantitative estimate of drug-likeness (QED) is 0.531. The number of sulfonamides is 1. The molecule has 1 amide bonds. The van der Waals surface area contributed by atoms with Crippen molar-refractivity contribution >= 4 is 44.6 Å². The van der Waals surface area contributed by atoms with Crippen molar-refractivity contribution in [3.05, 3.63) is 47.0 Å². The number of carbonyl (C=O) groups is 1. The van der Waals surface area contributed by atoms with E-state index in [0.717, 1.165) is 22.7 Å². The molecule has 0 unspecified atom stereocenters. The predicted molar refractivity (Wildman–Crippen MR) is 101 cm³/mol. The first kappa shape index (κ1) is 20.9. The first-order valence-corrected chi connectivity index (χ1v) is 9.94. The number of hydroxylamine groups is 1. The normalized spacial score (nSPS) is 11.1. The molecular formula is C16H18ClFN4O4S. The van der Waals surface area contributed by atoms with Crippen LogP contribution in [0.3, 0.4) is 0 Å². The molecule has 1 aromatic carbocycles. The van der Waals surface area contributed by atoms with Crippen LogP contribution in [0.1, 0.15) is 17.3 Å². The number of carbonyl (C=O) groups excluding carboxylic acids is 1. The SMILES string of the molecule is CCONC(=O)c1cnc(Cl)cc1Nc1ccc(F)cc1N(C)S(C)(=O)=O. The van der Waals surface area contributed by atoms with Crippen LogP contribution >= 0.6 is 11.6 Å². The van der Waals surface area contributed by atoms with E-state index in [1.165, 1.54) is 25.4 Å². The summed E-state index contributed by atoms with van der Waals surface area (Å²) >= 11 is 5.91. The maximum absolute atomic E-state index is 13.7. The Morgan fingerprint density at radius 3 is 2.67 bits per heavy atom. The van der Waals surface area contributed by atoms with Crippen LogP contribution in [0.4, 0.5) is 21.5 Å². The van der Waals surface area contributed by atoms with Gasteiger partial charge in [0.05, 0.1) is 35.5 Å². The van der Waals surface area contributed by atoms with Gasteiger partial charge in [-0.05, 0) is 25.1 Å². The minimum Gasteiger partial charge on any atom is -0.353 e. The lowest BCUT2D eigenvalue weighted by molar-refractivity contribution is 0.0365. The summed E-state index contributed by atoms with van der Waals surface area (Å²) in [5.41, 5.74) is 2.88. The van der Waals surface area contributed by atoms with Crippen molar-refractivity contribution in [1.29, 1.82) is 0 Å². The predicted octanol–water partition coefficient (Wildman–Crippen LogP) is 2.69. The van der Waals surface area contributed by atoms with Gasteiger partial charge in [-0.25, -0.2) is 23.3 Å². The van der Waals surface area contributed by atoms with Crippen LogP contribution in [0.15, 0.2) is 30.5 Å². The number of halogens is 2. The van der Waals surface area contributed by atoms with E-state index < -0.39 is 21.7 Å². The third-order valence-corrected chi connectivity index (χ3v) is 4.89. The maximum Gasteiger partial charge on any atom is 0.278 e. The van der Waals surface area contributed by atoms with Crippen molar-refractivity contribution in [2.45, 2.75) is 6.92 Å². The van der Waals surface area contributed by atoms with Crippen molar-refractivity contribution in [1.82, 2.24) is 10.5 Å².